The number of Topliss-reactive ketones (excluding diaryl/α,β-unsaturated/α-hetero) is 2. The van der Waals surface area contributed by atoms with Gasteiger partial charge in [-0.25, -0.2) is 0 Å². The van der Waals surface area contributed by atoms with Gasteiger partial charge in [0, 0.05) is 17.7 Å². The van der Waals surface area contributed by atoms with E-state index in [-0.39, 0.29) is 5.78 Å². The minimum absolute atomic E-state index is 0.0817. The first-order valence-electron chi connectivity index (χ1n) is 6.74. The maximum absolute atomic E-state index is 11.7. The maximum Gasteiger partial charge on any atom is 0.169 e. The van der Waals surface area contributed by atoms with E-state index in [1.54, 1.807) is 6.92 Å². The van der Waals surface area contributed by atoms with Crippen LogP contribution in [0.1, 0.15) is 66.9 Å². The third-order valence-electron chi connectivity index (χ3n) is 2.94. The Hall–Kier alpha value is -0.960. The molecule has 3 heteroatoms. The van der Waals surface area contributed by atoms with Crippen molar-refractivity contribution in [3.63, 3.8) is 0 Å². The van der Waals surface area contributed by atoms with Crippen LogP contribution in [0, 0.1) is 0 Å². The summed E-state index contributed by atoms with van der Waals surface area (Å²) in [5, 5.41) is 0. The maximum atomic E-state index is 11.7. The van der Waals surface area contributed by atoms with Crippen molar-refractivity contribution in [2.24, 2.45) is 0 Å². The summed E-state index contributed by atoms with van der Waals surface area (Å²) >= 11 is 1.45. The highest BCUT2D eigenvalue weighted by Crippen LogP contribution is 2.18. The lowest BCUT2D eigenvalue weighted by molar-refractivity contribution is -0.118. The van der Waals surface area contributed by atoms with Crippen LogP contribution in [-0.2, 0) is 11.2 Å². The molecule has 0 bridgehead atoms. The Morgan fingerprint density at radius 3 is 2.44 bits per heavy atom. The topological polar surface area (TPSA) is 34.1 Å². The molecule has 0 atom stereocenters. The average molecular weight is 266 g/mol. The van der Waals surface area contributed by atoms with Crippen molar-refractivity contribution < 1.29 is 9.59 Å². The van der Waals surface area contributed by atoms with E-state index in [9.17, 15) is 9.59 Å². The molecule has 0 saturated heterocycles. The first-order chi connectivity index (χ1) is 8.63. The largest absolute Gasteiger partial charge is 0.299 e. The number of thiophene rings is 1. The molecule has 0 radical (unpaired) electrons. The molecule has 0 spiro atoms. The molecule has 0 amide bonds. The van der Waals surface area contributed by atoms with Gasteiger partial charge in [0.25, 0.3) is 0 Å². The molecule has 0 fully saturated rings. The number of hydrogen-bond donors (Lipinski definition) is 0. The van der Waals surface area contributed by atoms with Crippen LogP contribution in [0.4, 0.5) is 0 Å². The Labute approximate surface area is 113 Å². The standard InChI is InChI=1S/C15H22O2S/c1-3-4-5-6-7-8-13(17)11-14-9-10-15(18-14)12(2)16/h9-10H,3-8,11H2,1-2H3. The normalized spacial score (nSPS) is 10.6. The van der Waals surface area contributed by atoms with Crippen molar-refractivity contribution in [1.82, 2.24) is 0 Å². The number of rotatable bonds is 9. The quantitative estimate of drug-likeness (QED) is 0.489. The number of carbonyl (C=O) groups excluding carboxylic acids is 2. The van der Waals surface area contributed by atoms with Crippen LogP contribution in [0.2, 0.25) is 0 Å². The predicted molar refractivity (Wildman–Crippen MR) is 76.4 cm³/mol. The molecular weight excluding hydrogens is 244 g/mol. The van der Waals surface area contributed by atoms with Gasteiger partial charge in [-0.2, -0.15) is 0 Å². The molecule has 0 aliphatic carbocycles. The van der Waals surface area contributed by atoms with E-state index in [0.717, 1.165) is 22.6 Å². The van der Waals surface area contributed by atoms with Gasteiger partial charge in [0.15, 0.2) is 5.78 Å². The van der Waals surface area contributed by atoms with Crippen LogP contribution in [0.15, 0.2) is 12.1 Å². The van der Waals surface area contributed by atoms with Crippen molar-refractivity contribution in [3.8, 4) is 0 Å². The van der Waals surface area contributed by atoms with E-state index in [0.29, 0.717) is 18.6 Å². The molecule has 0 aliphatic heterocycles. The van der Waals surface area contributed by atoms with Crippen molar-refractivity contribution in [3.05, 3.63) is 21.9 Å². The number of hydrogen-bond acceptors (Lipinski definition) is 3. The highest BCUT2D eigenvalue weighted by Gasteiger charge is 2.08. The van der Waals surface area contributed by atoms with Gasteiger partial charge in [-0.3, -0.25) is 9.59 Å². The molecule has 1 heterocycles. The lowest BCUT2D eigenvalue weighted by atomic mass is 10.1. The minimum Gasteiger partial charge on any atom is -0.299 e. The number of ketones is 2. The highest BCUT2D eigenvalue weighted by atomic mass is 32.1. The second-order valence-corrected chi connectivity index (χ2v) is 5.87. The zero-order valence-corrected chi connectivity index (χ0v) is 12.1. The molecule has 0 saturated carbocycles. The van der Waals surface area contributed by atoms with E-state index < -0.39 is 0 Å². The van der Waals surface area contributed by atoms with E-state index in [1.807, 2.05) is 12.1 Å². The summed E-state index contributed by atoms with van der Waals surface area (Å²) in [7, 11) is 0. The molecule has 1 rings (SSSR count). The van der Waals surface area contributed by atoms with Crippen LogP contribution >= 0.6 is 11.3 Å². The summed E-state index contributed by atoms with van der Waals surface area (Å²) in [6.45, 7) is 3.75. The molecular formula is C15H22O2S. The molecule has 1 aromatic heterocycles. The number of carbonyl (C=O) groups is 2. The molecule has 0 aliphatic rings. The Morgan fingerprint density at radius 2 is 1.83 bits per heavy atom. The third-order valence-corrected chi connectivity index (χ3v) is 4.13. The lowest BCUT2D eigenvalue weighted by Crippen LogP contribution is -2.00. The van der Waals surface area contributed by atoms with Crippen LogP contribution < -0.4 is 0 Å². The van der Waals surface area contributed by atoms with Crippen molar-refractivity contribution in [2.45, 2.75) is 58.8 Å². The molecule has 0 unspecified atom stereocenters. The summed E-state index contributed by atoms with van der Waals surface area (Å²) < 4.78 is 0. The van der Waals surface area contributed by atoms with E-state index >= 15 is 0 Å². The van der Waals surface area contributed by atoms with Crippen LogP contribution in [0.3, 0.4) is 0 Å². The smallest absolute Gasteiger partial charge is 0.169 e. The Bertz CT molecular complexity index is 393. The first kappa shape index (κ1) is 15.1. The number of unbranched alkanes of at least 4 members (excludes halogenated alkanes) is 4. The van der Waals surface area contributed by atoms with Gasteiger partial charge < -0.3 is 0 Å². The van der Waals surface area contributed by atoms with Gasteiger partial charge in [0.2, 0.25) is 0 Å². The molecule has 0 N–H and O–H groups in total. The summed E-state index contributed by atoms with van der Waals surface area (Å²) in [4.78, 5) is 24.7. The van der Waals surface area contributed by atoms with E-state index in [1.165, 1.54) is 30.6 Å². The zero-order valence-electron chi connectivity index (χ0n) is 11.3. The summed E-state index contributed by atoms with van der Waals surface area (Å²) in [6.07, 6.45) is 7.06. The van der Waals surface area contributed by atoms with Crippen molar-refractivity contribution >= 4 is 22.9 Å². The van der Waals surface area contributed by atoms with Gasteiger partial charge in [-0.15, -0.1) is 11.3 Å². The fourth-order valence-corrected chi connectivity index (χ4v) is 2.80. The summed E-state index contributed by atoms with van der Waals surface area (Å²) in [5.41, 5.74) is 0. The summed E-state index contributed by atoms with van der Waals surface area (Å²) in [5.74, 6) is 0.377. The van der Waals surface area contributed by atoms with Crippen LogP contribution in [0.5, 0.6) is 0 Å². The lowest BCUT2D eigenvalue weighted by Gasteiger charge is -1.99. The summed E-state index contributed by atoms with van der Waals surface area (Å²) in [6, 6.07) is 3.72. The molecule has 2 nitrogen and oxygen atoms in total. The molecule has 0 aromatic carbocycles. The van der Waals surface area contributed by atoms with Gasteiger partial charge >= 0.3 is 0 Å². The van der Waals surface area contributed by atoms with Gasteiger partial charge in [-0.05, 0) is 25.5 Å². The molecule has 100 valence electrons. The molecule has 18 heavy (non-hydrogen) atoms. The Kier molecular flexibility index (Phi) is 6.88. The third kappa shape index (κ3) is 5.58. The van der Waals surface area contributed by atoms with Crippen LogP contribution in [0.25, 0.3) is 0 Å². The fraction of sp³-hybridized carbons (Fsp3) is 0.600. The predicted octanol–water partition coefficient (Wildman–Crippen LogP) is 4.42. The van der Waals surface area contributed by atoms with E-state index in [2.05, 4.69) is 6.92 Å². The van der Waals surface area contributed by atoms with Crippen LogP contribution in [-0.4, -0.2) is 11.6 Å². The van der Waals surface area contributed by atoms with E-state index in [4.69, 9.17) is 0 Å². The van der Waals surface area contributed by atoms with Crippen molar-refractivity contribution in [2.75, 3.05) is 0 Å². The Balaban J connectivity index is 2.24. The SMILES string of the molecule is CCCCCCCC(=O)Cc1ccc(C(C)=O)s1. The van der Waals surface area contributed by atoms with Gasteiger partial charge in [-0.1, -0.05) is 32.6 Å². The average Bonchev–Trinajstić information content (AvgIpc) is 2.77. The minimum atomic E-state index is 0.0817. The molecule has 1 aromatic rings. The van der Waals surface area contributed by atoms with Crippen molar-refractivity contribution in [1.29, 1.82) is 0 Å². The second-order valence-electron chi connectivity index (χ2n) is 4.70. The highest BCUT2D eigenvalue weighted by molar-refractivity contribution is 7.14. The van der Waals surface area contributed by atoms with Gasteiger partial charge in [0.1, 0.15) is 5.78 Å². The monoisotopic (exact) mass is 266 g/mol. The second kappa shape index (κ2) is 8.20. The van der Waals surface area contributed by atoms with Gasteiger partial charge in [0.05, 0.1) is 4.88 Å². The fourth-order valence-electron chi connectivity index (χ4n) is 1.87. The zero-order chi connectivity index (χ0) is 13.4. The Morgan fingerprint density at radius 1 is 1.11 bits per heavy atom. The first-order valence-corrected chi connectivity index (χ1v) is 7.56.